The van der Waals surface area contributed by atoms with E-state index in [0.29, 0.717) is 0 Å². The lowest BCUT2D eigenvalue weighted by Crippen LogP contribution is -2.34. The Hall–Kier alpha value is -0.540. The van der Waals surface area contributed by atoms with Crippen LogP contribution >= 0.6 is 15.9 Å². The van der Waals surface area contributed by atoms with Gasteiger partial charge in [0.05, 0.1) is 6.10 Å². The number of aliphatic hydroxyl groups excluding tert-OH is 1. The predicted octanol–water partition coefficient (Wildman–Crippen LogP) is 3.74. The fourth-order valence-electron chi connectivity index (χ4n) is 2.48. The number of aliphatic hydroxyl groups is 1. The van der Waals surface area contributed by atoms with E-state index in [0.717, 1.165) is 29.0 Å². The standard InChI is InChI=1S/C14H20BrNO/c1-10-4-3-7-16(9-10)12-5-6-13(11(2)17)14(15)8-12/h5-6,8,10-11,17H,3-4,7,9H2,1-2H3. The van der Waals surface area contributed by atoms with E-state index in [1.165, 1.54) is 18.5 Å². The summed E-state index contributed by atoms with van der Waals surface area (Å²) in [5.74, 6) is 0.777. The zero-order valence-corrected chi connectivity index (χ0v) is 12.1. The first kappa shape index (κ1) is 12.9. The van der Waals surface area contributed by atoms with Gasteiger partial charge in [0, 0.05) is 23.2 Å². The average Bonchev–Trinajstić information content (AvgIpc) is 2.28. The van der Waals surface area contributed by atoms with Crippen LogP contribution in [0.5, 0.6) is 0 Å². The Labute approximate surface area is 112 Å². The van der Waals surface area contributed by atoms with Crippen molar-refractivity contribution < 1.29 is 5.11 Å². The monoisotopic (exact) mass is 297 g/mol. The number of benzene rings is 1. The van der Waals surface area contributed by atoms with E-state index in [2.05, 4.69) is 39.9 Å². The van der Waals surface area contributed by atoms with Crippen LogP contribution in [0.15, 0.2) is 22.7 Å². The highest BCUT2D eigenvalue weighted by Gasteiger charge is 2.17. The fourth-order valence-corrected chi connectivity index (χ4v) is 3.17. The molecule has 2 atom stereocenters. The van der Waals surface area contributed by atoms with E-state index in [9.17, 15) is 5.11 Å². The van der Waals surface area contributed by atoms with Crippen LogP contribution in [-0.4, -0.2) is 18.2 Å². The molecule has 0 aliphatic carbocycles. The first-order valence-corrected chi connectivity index (χ1v) is 7.09. The zero-order valence-electron chi connectivity index (χ0n) is 10.5. The van der Waals surface area contributed by atoms with E-state index in [4.69, 9.17) is 0 Å². The molecule has 2 rings (SSSR count). The lowest BCUT2D eigenvalue weighted by atomic mass is 9.99. The van der Waals surface area contributed by atoms with Crippen molar-refractivity contribution in [2.75, 3.05) is 18.0 Å². The van der Waals surface area contributed by atoms with E-state index >= 15 is 0 Å². The molecule has 0 amide bonds. The molecule has 3 heteroatoms. The minimum Gasteiger partial charge on any atom is -0.389 e. The summed E-state index contributed by atoms with van der Waals surface area (Å²) >= 11 is 3.54. The number of rotatable bonds is 2. The second-order valence-corrected chi connectivity index (χ2v) is 5.93. The molecule has 1 aliphatic heterocycles. The first-order chi connectivity index (χ1) is 8.08. The second kappa shape index (κ2) is 5.40. The number of halogens is 1. The van der Waals surface area contributed by atoms with Crippen molar-refractivity contribution in [3.63, 3.8) is 0 Å². The molecule has 0 bridgehead atoms. The van der Waals surface area contributed by atoms with Crippen LogP contribution < -0.4 is 4.90 Å². The maximum Gasteiger partial charge on any atom is 0.0772 e. The molecule has 2 nitrogen and oxygen atoms in total. The van der Waals surface area contributed by atoms with Gasteiger partial charge < -0.3 is 10.0 Å². The zero-order chi connectivity index (χ0) is 12.4. The Morgan fingerprint density at radius 1 is 1.47 bits per heavy atom. The second-order valence-electron chi connectivity index (χ2n) is 5.08. The summed E-state index contributed by atoms with van der Waals surface area (Å²) in [4.78, 5) is 2.44. The molecule has 1 fully saturated rings. The van der Waals surface area contributed by atoms with Crippen LogP contribution in [0.25, 0.3) is 0 Å². The summed E-state index contributed by atoms with van der Waals surface area (Å²) in [5, 5.41) is 9.60. The van der Waals surface area contributed by atoms with E-state index in [-0.39, 0.29) is 0 Å². The van der Waals surface area contributed by atoms with Crippen molar-refractivity contribution >= 4 is 21.6 Å². The quantitative estimate of drug-likeness (QED) is 0.899. The Bertz CT molecular complexity index is 392. The van der Waals surface area contributed by atoms with Gasteiger partial charge in [0.2, 0.25) is 0 Å². The molecular formula is C14H20BrNO. The number of anilines is 1. The molecule has 2 unspecified atom stereocenters. The smallest absolute Gasteiger partial charge is 0.0772 e. The van der Waals surface area contributed by atoms with E-state index in [1.54, 1.807) is 6.92 Å². The molecule has 1 aliphatic rings. The molecule has 0 saturated carbocycles. The third-order valence-corrected chi connectivity index (χ3v) is 4.14. The highest BCUT2D eigenvalue weighted by molar-refractivity contribution is 9.10. The molecule has 17 heavy (non-hydrogen) atoms. The summed E-state index contributed by atoms with van der Waals surface area (Å²) in [6.45, 7) is 6.39. The van der Waals surface area contributed by atoms with Crippen molar-refractivity contribution in [2.45, 2.75) is 32.8 Å². The molecule has 1 aromatic rings. The van der Waals surface area contributed by atoms with Crippen LogP contribution in [0.1, 0.15) is 38.4 Å². The largest absolute Gasteiger partial charge is 0.389 e. The van der Waals surface area contributed by atoms with Gasteiger partial charge in [0.25, 0.3) is 0 Å². The van der Waals surface area contributed by atoms with Crippen molar-refractivity contribution in [1.29, 1.82) is 0 Å². The van der Waals surface area contributed by atoms with Gasteiger partial charge in [-0.3, -0.25) is 0 Å². The SMILES string of the molecule is CC1CCCN(c2ccc(C(C)O)c(Br)c2)C1. The van der Waals surface area contributed by atoms with Gasteiger partial charge >= 0.3 is 0 Å². The van der Waals surface area contributed by atoms with Crippen LogP contribution in [0.3, 0.4) is 0 Å². The van der Waals surface area contributed by atoms with Crippen molar-refractivity contribution in [3.05, 3.63) is 28.2 Å². The van der Waals surface area contributed by atoms with Gasteiger partial charge in [0.1, 0.15) is 0 Å². The molecule has 1 heterocycles. The van der Waals surface area contributed by atoms with Gasteiger partial charge in [-0.25, -0.2) is 0 Å². The molecule has 1 aromatic carbocycles. The minimum absolute atomic E-state index is 0.418. The van der Waals surface area contributed by atoms with Crippen LogP contribution in [0.2, 0.25) is 0 Å². The van der Waals surface area contributed by atoms with Gasteiger partial charge in [0.15, 0.2) is 0 Å². The maximum absolute atomic E-state index is 9.60. The minimum atomic E-state index is -0.418. The van der Waals surface area contributed by atoms with Crippen LogP contribution in [-0.2, 0) is 0 Å². The fraction of sp³-hybridized carbons (Fsp3) is 0.571. The van der Waals surface area contributed by atoms with Gasteiger partial charge in [-0.2, -0.15) is 0 Å². The molecule has 0 aromatic heterocycles. The van der Waals surface area contributed by atoms with Gasteiger partial charge in [-0.1, -0.05) is 28.9 Å². The highest BCUT2D eigenvalue weighted by Crippen LogP contribution is 2.30. The summed E-state index contributed by atoms with van der Waals surface area (Å²) < 4.78 is 1.00. The summed E-state index contributed by atoms with van der Waals surface area (Å²) in [5.41, 5.74) is 2.21. The van der Waals surface area contributed by atoms with Crippen LogP contribution in [0, 0.1) is 5.92 Å². The molecule has 94 valence electrons. The lowest BCUT2D eigenvalue weighted by Gasteiger charge is -2.33. The summed E-state index contributed by atoms with van der Waals surface area (Å²) in [6, 6.07) is 6.26. The third-order valence-electron chi connectivity index (χ3n) is 3.46. The van der Waals surface area contributed by atoms with Crippen molar-refractivity contribution in [3.8, 4) is 0 Å². The number of hydrogen-bond acceptors (Lipinski definition) is 2. The summed E-state index contributed by atoms with van der Waals surface area (Å²) in [7, 11) is 0. The molecule has 0 spiro atoms. The van der Waals surface area contributed by atoms with Gasteiger partial charge in [-0.05, 0) is 43.4 Å². The molecule has 1 saturated heterocycles. The average molecular weight is 298 g/mol. The lowest BCUT2D eigenvalue weighted by molar-refractivity contribution is 0.198. The first-order valence-electron chi connectivity index (χ1n) is 6.30. The molecule has 1 N–H and O–H groups in total. The Morgan fingerprint density at radius 2 is 2.24 bits per heavy atom. The maximum atomic E-state index is 9.60. The normalized spacial score (nSPS) is 22.6. The Balaban J connectivity index is 2.19. The molecular weight excluding hydrogens is 278 g/mol. The number of hydrogen-bond donors (Lipinski definition) is 1. The van der Waals surface area contributed by atoms with Gasteiger partial charge in [-0.15, -0.1) is 0 Å². The number of piperidine rings is 1. The Morgan fingerprint density at radius 3 is 2.82 bits per heavy atom. The predicted molar refractivity (Wildman–Crippen MR) is 75.4 cm³/mol. The topological polar surface area (TPSA) is 23.5 Å². The molecule has 0 radical (unpaired) electrons. The Kier molecular flexibility index (Phi) is 4.10. The van der Waals surface area contributed by atoms with E-state index < -0.39 is 6.10 Å². The van der Waals surface area contributed by atoms with Crippen LogP contribution in [0.4, 0.5) is 5.69 Å². The summed E-state index contributed by atoms with van der Waals surface area (Å²) in [6.07, 6.45) is 2.19. The van der Waals surface area contributed by atoms with Crippen molar-refractivity contribution in [2.24, 2.45) is 5.92 Å². The number of nitrogens with zero attached hydrogens (tertiary/aromatic N) is 1. The third kappa shape index (κ3) is 3.02. The van der Waals surface area contributed by atoms with Crippen molar-refractivity contribution in [1.82, 2.24) is 0 Å². The highest BCUT2D eigenvalue weighted by atomic mass is 79.9. The van der Waals surface area contributed by atoms with E-state index in [1.807, 2.05) is 6.07 Å².